The summed E-state index contributed by atoms with van der Waals surface area (Å²) in [5.74, 6) is -5.89. The van der Waals surface area contributed by atoms with Gasteiger partial charge in [0.05, 0.1) is 13.6 Å². The Labute approximate surface area is 328 Å². The summed E-state index contributed by atoms with van der Waals surface area (Å²) in [7, 11) is -2.20. The summed E-state index contributed by atoms with van der Waals surface area (Å²) < 4.78 is 44.6. The van der Waals surface area contributed by atoms with Crippen molar-refractivity contribution in [3.8, 4) is 56.0 Å². The maximum Gasteiger partial charge on any atom is 0.195 e. The summed E-state index contributed by atoms with van der Waals surface area (Å²) in [4.78, 5) is 0. The van der Waals surface area contributed by atoms with Crippen molar-refractivity contribution in [2.24, 2.45) is 0 Å². The van der Waals surface area contributed by atoms with Gasteiger partial charge in [-0.15, -0.1) is 0 Å². The molecule has 0 bridgehead atoms. The summed E-state index contributed by atoms with van der Waals surface area (Å²) in [5, 5.41) is 23.8. The van der Waals surface area contributed by atoms with Crippen LogP contribution < -0.4 is 5.19 Å². The van der Waals surface area contributed by atoms with Crippen molar-refractivity contribution in [3.05, 3.63) is 113 Å². The molecule has 55 heavy (non-hydrogen) atoms. The monoisotopic (exact) mass is 764 g/mol. The first kappa shape index (κ1) is 41.9. The zero-order valence-corrected chi connectivity index (χ0v) is 36.5. The lowest BCUT2D eigenvalue weighted by Gasteiger charge is -2.27. The van der Waals surface area contributed by atoms with Crippen molar-refractivity contribution in [1.29, 1.82) is 0 Å². The van der Waals surface area contributed by atoms with Gasteiger partial charge in [0.15, 0.2) is 17.5 Å². The van der Waals surface area contributed by atoms with Crippen LogP contribution >= 0.6 is 0 Å². The van der Waals surface area contributed by atoms with Crippen LogP contribution in [-0.2, 0) is 21.7 Å². The first-order chi connectivity index (χ1) is 25.0. The van der Waals surface area contributed by atoms with Crippen molar-refractivity contribution >= 4 is 13.3 Å². The van der Waals surface area contributed by atoms with Crippen molar-refractivity contribution in [2.75, 3.05) is 0 Å². The molecule has 0 amide bonds. The molecule has 6 heteroatoms. The number of phenols is 2. The highest BCUT2D eigenvalue weighted by Gasteiger charge is 2.29. The molecule has 0 aliphatic heterocycles. The van der Waals surface area contributed by atoms with E-state index in [1.807, 2.05) is 18.2 Å². The van der Waals surface area contributed by atoms with Crippen molar-refractivity contribution in [2.45, 2.75) is 124 Å². The van der Waals surface area contributed by atoms with Crippen LogP contribution in [0.5, 0.6) is 11.5 Å². The summed E-state index contributed by atoms with van der Waals surface area (Å²) in [6, 6.07) is 23.9. The van der Waals surface area contributed by atoms with Gasteiger partial charge in [0.2, 0.25) is 0 Å². The second-order valence-electron chi connectivity index (χ2n) is 20.4. The highest BCUT2D eigenvalue weighted by Crippen LogP contribution is 2.46. The Morgan fingerprint density at radius 2 is 0.764 bits per heavy atom. The van der Waals surface area contributed by atoms with E-state index in [1.54, 1.807) is 6.07 Å². The van der Waals surface area contributed by atoms with Gasteiger partial charge < -0.3 is 10.2 Å². The van der Waals surface area contributed by atoms with Crippen LogP contribution in [0.3, 0.4) is 0 Å². The van der Waals surface area contributed by atoms with Crippen LogP contribution in [0.4, 0.5) is 13.2 Å². The van der Waals surface area contributed by atoms with Crippen LogP contribution in [0.2, 0.25) is 19.6 Å². The second kappa shape index (κ2) is 14.0. The molecule has 0 unspecified atom stereocenters. The lowest BCUT2D eigenvalue weighted by atomic mass is 9.78. The molecule has 0 aromatic heterocycles. The molecule has 0 aliphatic rings. The quantitative estimate of drug-likeness (QED) is 0.138. The van der Waals surface area contributed by atoms with E-state index in [1.165, 1.54) is 22.3 Å². The molecule has 0 radical (unpaired) electrons. The van der Waals surface area contributed by atoms with Crippen molar-refractivity contribution in [1.82, 2.24) is 0 Å². The third kappa shape index (κ3) is 8.75. The maximum atomic E-state index is 15.6. The molecular formula is C49H59F3O2Si. The average molecular weight is 765 g/mol. The highest BCUT2D eigenvalue weighted by atomic mass is 28.3. The van der Waals surface area contributed by atoms with Gasteiger partial charge in [-0.05, 0) is 89.9 Å². The third-order valence-electron chi connectivity index (χ3n) is 10.6. The van der Waals surface area contributed by atoms with Gasteiger partial charge in [-0.3, -0.25) is 0 Å². The van der Waals surface area contributed by atoms with Crippen molar-refractivity contribution in [3.63, 3.8) is 0 Å². The molecule has 0 aliphatic carbocycles. The van der Waals surface area contributed by atoms with Gasteiger partial charge in [-0.2, -0.15) is 0 Å². The molecule has 5 rings (SSSR count). The number of benzene rings is 5. The van der Waals surface area contributed by atoms with Gasteiger partial charge in [-0.25, -0.2) is 13.2 Å². The SMILES string of the molecule is CC(C)(C)c1cc(-c2cc(-c3cc(C(C)(C)C)cc(C(C)(C)C)c3)cc(-c3cc([Si](C)(C)C)cc(-c4c(O)cc(F)c(F)c4F)c3O)c2)cc(C(C)(C)C)c1. The molecule has 0 atom stereocenters. The third-order valence-corrected chi connectivity index (χ3v) is 12.6. The molecule has 0 saturated carbocycles. The van der Waals surface area contributed by atoms with Crippen LogP contribution in [0.1, 0.15) is 105 Å². The smallest absolute Gasteiger partial charge is 0.195 e. The molecule has 5 aromatic rings. The van der Waals surface area contributed by atoms with Crippen LogP contribution in [0.25, 0.3) is 44.5 Å². The lowest BCUT2D eigenvalue weighted by molar-refractivity contribution is 0.421. The van der Waals surface area contributed by atoms with Gasteiger partial charge in [0.25, 0.3) is 0 Å². The Morgan fingerprint density at radius 1 is 0.418 bits per heavy atom. The minimum atomic E-state index is -2.20. The fourth-order valence-corrected chi connectivity index (χ4v) is 7.91. The van der Waals surface area contributed by atoms with E-state index in [2.05, 4.69) is 145 Å². The number of hydrogen-bond acceptors (Lipinski definition) is 2. The number of rotatable bonds is 5. The van der Waals surface area contributed by atoms with E-state index in [9.17, 15) is 19.0 Å². The number of aromatic hydroxyl groups is 2. The summed E-state index contributed by atoms with van der Waals surface area (Å²) in [6.45, 7) is 32.9. The first-order valence-electron chi connectivity index (χ1n) is 19.2. The molecule has 2 N–H and O–H groups in total. The van der Waals surface area contributed by atoms with Gasteiger partial charge >= 0.3 is 0 Å². The first-order valence-corrected chi connectivity index (χ1v) is 22.7. The van der Waals surface area contributed by atoms with E-state index in [-0.39, 0.29) is 33.0 Å². The normalized spacial score (nSPS) is 13.1. The minimum Gasteiger partial charge on any atom is -0.507 e. The number of phenolic OH excluding ortho intramolecular Hbond substituents is 2. The Bertz CT molecular complexity index is 2130. The molecule has 0 fully saturated rings. The standard InChI is InChI=1S/C49H59F3O2Si/c1-46(2,3)33-19-30(20-34(23-33)47(4,5)6)28-16-29(31-21-35(48(7,8)9)24-36(22-31)49(10,11)12)18-32(17-28)38-25-37(55(13,14)15)26-39(45(38)54)42-41(53)27-40(50)43(51)44(42)52/h16-27,53-54H,1-15H3. The molecule has 292 valence electrons. The predicted molar refractivity (Wildman–Crippen MR) is 229 cm³/mol. The van der Waals surface area contributed by atoms with Crippen LogP contribution in [-0.4, -0.2) is 18.3 Å². The summed E-state index contributed by atoms with van der Waals surface area (Å²) >= 11 is 0. The van der Waals surface area contributed by atoms with Crippen molar-refractivity contribution < 1.29 is 23.4 Å². The Hall–Kier alpha value is -4.29. The maximum absolute atomic E-state index is 15.6. The number of hydrogen-bond donors (Lipinski definition) is 2. The van der Waals surface area contributed by atoms with E-state index >= 15 is 4.39 Å². The molecule has 5 aromatic carbocycles. The Morgan fingerprint density at radius 3 is 1.13 bits per heavy atom. The van der Waals surface area contributed by atoms with Gasteiger partial charge in [0.1, 0.15) is 11.5 Å². The zero-order valence-electron chi connectivity index (χ0n) is 35.5. The molecule has 0 heterocycles. The second-order valence-corrected chi connectivity index (χ2v) is 25.5. The Kier molecular flexibility index (Phi) is 10.7. The van der Waals surface area contributed by atoms with E-state index in [0.29, 0.717) is 17.2 Å². The predicted octanol–water partition coefficient (Wildman–Crippen LogP) is 13.9. The van der Waals surface area contributed by atoms with E-state index in [0.717, 1.165) is 27.4 Å². The van der Waals surface area contributed by atoms with E-state index < -0.39 is 36.8 Å². The molecule has 2 nitrogen and oxygen atoms in total. The highest BCUT2D eigenvalue weighted by molar-refractivity contribution is 6.88. The minimum absolute atomic E-state index is 0.0923. The number of halogens is 3. The van der Waals surface area contributed by atoms with Crippen LogP contribution in [0.15, 0.2) is 72.8 Å². The average Bonchev–Trinajstić information content (AvgIpc) is 3.05. The largest absolute Gasteiger partial charge is 0.507 e. The van der Waals surface area contributed by atoms with E-state index in [4.69, 9.17) is 0 Å². The van der Waals surface area contributed by atoms with Crippen LogP contribution in [0, 0.1) is 17.5 Å². The van der Waals surface area contributed by atoms with Gasteiger partial charge in [0, 0.05) is 17.2 Å². The van der Waals surface area contributed by atoms with Gasteiger partial charge in [-0.1, -0.05) is 156 Å². The molecule has 0 spiro atoms. The topological polar surface area (TPSA) is 40.5 Å². The fourth-order valence-electron chi connectivity index (χ4n) is 6.75. The summed E-state index contributed by atoms with van der Waals surface area (Å²) in [5.41, 5.74) is 8.59. The molecule has 0 saturated heterocycles. The summed E-state index contributed by atoms with van der Waals surface area (Å²) in [6.07, 6.45) is 0. The zero-order chi connectivity index (χ0) is 41.4. The lowest BCUT2D eigenvalue weighted by Crippen LogP contribution is -2.37. The molecular weight excluding hydrogens is 706 g/mol. The Balaban J connectivity index is 1.96. The fraction of sp³-hybridized carbons (Fsp3) is 0.388.